The maximum absolute atomic E-state index is 5.78. The molecule has 0 aromatic heterocycles. The van der Waals surface area contributed by atoms with Gasteiger partial charge in [-0.05, 0) is 62.6 Å². The fourth-order valence-electron chi connectivity index (χ4n) is 2.67. The van der Waals surface area contributed by atoms with Crippen molar-refractivity contribution >= 4 is 0 Å². The molecule has 0 heterocycles. The molecule has 1 aromatic rings. The number of hydrogen-bond acceptors (Lipinski definition) is 2. The highest BCUT2D eigenvalue weighted by atomic mass is 16.5. The first-order valence-corrected chi connectivity index (χ1v) is 8.15. The van der Waals surface area contributed by atoms with Gasteiger partial charge in [-0.3, -0.25) is 0 Å². The molecular weight excluding hydrogens is 246 g/mol. The van der Waals surface area contributed by atoms with Gasteiger partial charge in [0.05, 0.1) is 6.61 Å². The van der Waals surface area contributed by atoms with Crippen molar-refractivity contribution in [2.24, 2.45) is 11.8 Å². The smallest absolute Gasteiger partial charge is 0.119 e. The number of benzene rings is 1. The van der Waals surface area contributed by atoms with Crippen LogP contribution < -0.4 is 10.1 Å². The van der Waals surface area contributed by atoms with Crippen molar-refractivity contribution in [3.63, 3.8) is 0 Å². The van der Waals surface area contributed by atoms with Crippen LogP contribution in [0.4, 0.5) is 0 Å². The van der Waals surface area contributed by atoms with E-state index in [-0.39, 0.29) is 0 Å². The highest BCUT2D eigenvalue weighted by molar-refractivity contribution is 5.20. The Morgan fingerprint density at radius 3 is 2.60 bits per heavy atom. The van der Waals surface area contributed by atoms with Gasteiger partial charge in [0.2, 0.25) is 0 Å². The van der Waals surface area contributed by atoms with Gasteiger partial charge in [-0.2, -0.15) is 0 Å². The van der Waals surface area contributed by atoms with Gasteiger partial charge in [0.1, 0.15) is 5.75 Å². The van der Waals surface area contributed by atoms with E-state index in [1.54, 1.807) is 0 Å². The summed E-state index contributed by atoms with van der Waals surface area (Å²) < 4.78 is 5.78. The summed E-state index contributed by atoms with van der Waals surface area (Å²) >= 11 is 0. The molecule has 0 radical (unpaired) electrons. The van der Waals surface area contributed by atoms with Crippen LogP contribution in [0.3, 0.4) is 0 Å². The third-order valence-corrected chi connectivity index (χ3v) is 3.85. The van der Waals surface area contributed by atoms with E-state index in [0.717, 1.165) is 36.7 Å². The molecule has 1 unspecified atom stereocenters. The summed E-state index contributed by atoms with van der Waals surface area (Å²) in [4.78, 5) is 0. The predicted octanol–water partition coefficient (Wildman–Crippen LogP) is 4.26. The Labute approximate surface area is 123 Å². The second-order valence-electron chi connectivity index (χ2n) is 6.48. The molecule has 0 aliphatic heterocycles. The Hall–Kier alpha value is -1.02. The van der Waals surface area contributed by atoms with Crippen LogP contribution >= 0.6 is 0 Å². The third kappa shape index (κ3) is 6.42. The van der Waals surface area contributed by atoms with Crippen molar-refractivity contribution in [1.29, 1.82) is 0 Å². The number of rotatable bonds is 10. The lowest BCUT2D eigenvalue weighted by Crippen LogP contribution is -2.26. The lowest BCUT2D eigenvalue weighted by atomic mass is 9.93. The van der Waals surface area contributed by atoms with E-state index in [2.05, 4.69) is 19.2 Å². The zero-order valence-electron chi connectivity index (χ0n) is 13.0. The summed E-state index contributed by atoms with van der Waals surface area (Å²) in [5.74, 6) is 2.58. The highest BCUT2D eigenvalue weighted by Crippen LogP contribution is 2.22. The number of para-hydroxylation sites is 1. The van der Waals surface area contributed by atoms with Gasteiger partial charge in [-0.15, -0.1) is 0 Å². The largest absolute Gasteiger partial charge is 0.494 e. The van der Waals surface area contributed by atoms with Gasteiger partial charge < -0.3 is 10.1 Å². The zero-order chi connectivity index (χ0) is 14.2. The molecule has 0 amide bonds. The first-order chi connectivity index (χ1) is 9.74. The van der Waals surface area contributed by atoms with Crippen LogP contribution in [-0.2, 0) is 0 Å². The fraction of sp³-hybridized carbons (Fsp3) is 0.667. The molecule has 1 saturated carbocycles. The van der Waals surface area contributed by atoms with Crippen molar-refractivity contribution in [1.82, 2.24) is 5.32 Å². The topological polar surface area (TPSA) is 21.3 Å². The molecule has 2 rings (SSSR count). The monoisotopic (exact) mass is 275 g/mol. The van der Waals surface area contributed by atoms with Crippen LogP contribution in [0.2, 0.25) is 0 Å². The lowest BCUT2D eigenvalue weighted by Gasteiger charge is -2.19. The van der Waals surface area contributed by atoms with Crippen molar-refractivity contribution in [2.45, 2.75) is 52.0 Å². The van der Waals surface area contributed by atoms with Crippen LogP contribution in [0, 0.1) is 11.8 Å². The molecule has 1 N–H and O–H groups in total. The summed E-state index contributed by atoms with van der Waals surface area (Å²) in [5, 5.41) is 3.68. The van der Waals surface area contributed by atoms with E-state index in [1.165, 1.54) is 32.2 Å². The highest BCUT2D eigenvalue weighted by Gasteiger charge is 2.22. The van der Waals surface area contributed by atoms with Crippen molar-refractivity contribution in [2.75, 3.05) is 13.2 Å². The standard InChI is InChI=1S/C18H29NO/c1-15(2)13-16(14-19-17-10-11-17)7-6-12-20-18-8-4-3-5-9-18/h3-5,8-9,15-17,19H,6-7,10-14H2,1-2H3. The van der Waals surface area contributed by atoms with E-state index < -0.39 is 0 Å². The molecule has 20 heavy (non-hydrogen) atoms. The van der Waals surface area contributed by atoms with Gasteiger partial charge in [-0.25, -0.2) is 0 Å². The van der Waals surface area contributed by atoms with Crippen LogP contribution in [0.25, 0.3) is 0 Å². The molecule has 0 bridgehead atoms. The molecule has 0 saturated heterocycles. The van der Waals surface area contributed by atoms with Crippen LogP contribution in [-0.4, -0.2) is 19.2 Å². The van der Waals surface area contributed by atoms with Gasteiger partial charge in [0.15, 0.2) is 0 Å². The maximum atomic E-state index is 5.78. The van der Waals surface area contributed by atoms with Gasteiger partial charge in [0, 0.05) is 6.04 Å². The summed E-state index contributed by atoms with van der Waals surface area (Å²) in [5.41, 5.74) is 0. The maximum Gasteiger partial charge on any atom is 0.119 e. The second-order valence-corrected chi connectivity index (χ2v) is 6.48. The third-order valence-electron chi connectivity index (χ3n) is 3.85. The quantitative estimate of drug-likeness (QED) is 0.644. The average Bonchev–Trinajstić information content (AvgIpc) is 3.25. The molecule has 0 spiro atoms. The predicted molar refractivity (Wildman–Crippen MR) is 85.1 cm³/mol. The Morgan fingerprint density at radius 1 is 1.20 bits per heavy atom. The zero-order valence-corrected chi connectivity index (χ0v) is 13.0. The number of hydrogen-bond donors (Lipinski definition) is 1. The van der Waals surface area contributed by atoms with E-state index in [0.29, 0.717) is 0 Å². The van der Waals surface area contributed by atoms with Gasteiger partial charge in [-0.1, -0.05) is 32.0 Å². The summed E-state index contributed by atoms with van der Waals surface area (Å²) in [6.45, 7) is 6.67. The summed E-state index contributed by atoms with van der Waals surface area (Å²) in [7, 11) is 0. The van der Waals surface area contributed by atoms with Crippen LogP contribution in [0.15, 0.2) is 30.3 Å². The van der Waals surface area contributed by atoms with Crippen molar-refractivity contribution in [3.05, 3.63) is 30.3 Å². The minimum absolute atomic E-state index is 0.788. The first kappa shape index (κ1) is 15.4. The normalized spacial score (nSPS) is 16.4. The minimum Gasteiger partial charge on any atom is -0.494 e. The number of nitrogens with one attached hydrogen (secondary N) is 1. The molecule has 112 valence electrons. The molecule has 2 nitrogen and oxygen atoms in total. The van der Waals surface area contributed by atoms with Crippen LogP contribution in [0.5, 0.6) is 5.75 Å². The van der Waals surface area contributed by atoms with E-state index >= 15 is 0 Å². The molecular formula is C18H29NO. The Morgan fingerprint density at radius 2 is 1.95 bits per heavy atom. The SMILES string of the molecule is CC(C)CC(CCCOc1ccccc1)CNC1CC1. The Kier molecular flexibility index (Phi) is 6.38. The second kappa shape index (κ2) is 8.31. The number of ether oxygens (including phenoxy) is 1. The minimum atomic E-state index is 0.788. The summed E-state index contributed by atoms with van der Waals surface area (Å²) in [6.07, 6.45) is 6.51. The molecule has 1 aliphatic carbocycles. The van der Waals surface area contributed by atoms with Crippen LogP contribution in [0.1, 0.15) is 46.0 Å². The molecule has 1 atom stereocenters. The lowest BCUT2D eigenvalue weighted by molar-refractivity contribution is 0.277. The molecule has 1 aliphatic rings. The van der Waals surface area contributed by atoms with E-state index in [9.17, 15) is 0 Å². The fourth-order valence-corrected chi connectivity index (χ4v) is 2.67. The van der Waals surface area contributed by atoms with Gasteiger partial charge >= 0.3 is 0 Å². The molecule has 2 heteroatoms. The van der Waals surface area contributed by atoms with Gasteiger partial charge in [0.25, 0.3) is 0 Å². The summed E-state index contributed by atoms with van der Waals surface area (Å²) in [6, 6.07) is 11.0. The first-order valence-electron chi connectivity index (χ1n) is 8.15. The van der Waals surface area contributed by atoms with Crippen molar-refractivity contribution in [3.8, 4) is 5.75 Å². The average molecular weight is 275 g/mol. The van der Waals surface area contributed by atoms with E-state index in [1.807, 2.05) is 30.3 Å². The Bertz CT molecular complexity index is 359. The Balaban J connectivity index is 1.62. The van der Waals surface area contributed by atoms with E-state index in [4.69, 9.17) is 4.74 Å². The van der Waals surface area contributed by atoms with Crippen molar-refractivity contribution < 1.29 is 4.74 Å². The molecule has 1 aromatic carbocycles. The molecule has 1 fully saturated rings.